The number of halogens is 1. The number of anilines is 1. The first kappa shape index (κ1) is 11.7. The molecular formula is C12H17ClN2O. The van der Waals surface area contributed by atoms with Crippen LogP contribution in [-0.4, -0.2) is 19.7 Å². The molecule has 1 saturated heterocycles. The molecule has 16 heavy (non-hydrogen) atoms. The quantitative estimate of drug-likeness (QED) is 0.825. The monoisotopic (exact) mass is 240 g/mol. The van der Waals surface area contributed by atoms with E-state index in [9.17, 15) is 0 Å². The Hall–Kier alpha value is -0.770. The van der Waals surface area contributed by atoms with Crippen LogP contribution in [0.15, 0.2) is 24.3 Å². The summed E-state index contributed by atoms with van der Waals surface area (Å²) < 4.78 is 0. The average Bonchev–Trinajstić information content (AvgIpc) is 2.30. The SMILES string of the molecule is NOCC1CCCN(c2ccccc2Cl)C1. The number of hydrogen-bond acceptors (Lipinski definition) is 3. The molecule has 0 radical (unpaired) electrons. The molecule has 1 atom stereocenters. The Balaban J connectivity index is 2.07. The number of para-hydroxylation sites is 1. The highest BCUT2D eigenvalue weighted by atomic mass is 35.5. The number of hydrogen-bond donors (Lipinski definition) is 1. The van der Waals surface area contributed by atoms with E-state index in [0.29, 0.717) is 12.5 Å². The van der Waals surface area contributed by atoms with Crippen LogP contribution < -0.4 is 10.8 Å². The van der Waals surface area contributed by atoms with Crippen LogP contribution in [0, 0.1) is 5.92 Å². The van der Waals surface area contributed by atoms with E-state index >= 15 is 0 Å². The summed E-state index contributed by atoms with van der Waals surface area (Å²) in [5.74, 6) is 5.64. The molecule has 88 valence electrons. The summed E-state index contributed by atoms with van der Waals surface area (Å²) in [5.41, 5.74) is 1.12. The molecule has 1 heterocycles. The summed E-state index contributed by atoms with van der Waals surface area (Å²) in [7, 11) is 0. The van der Waals surface area contributed by atoms with E-state index in [4.69, 9.17) is 22.3 Å². The van der Waals surface area contributed by atoms with Gasteiger partial charge in [0.1, 0.15) is 0 Å². The Morgan fingerprint density at radius 3 is 3.00 bits per heavy atom. The number of rotatable bonds is 3. The second-order valence-corrected chi connectivity index (χ2v) is 4.65. The van der Waals surface area contributed by atoms with Crippen molar-refractivity contribution in [3.8, 4) is 0 Å². The molecule has 0 aromatic heterocycles. The van der Waals surface area contributed by atoms with Crippen LogP contribution >= 0.6 is 11.6 Å². The van der Waals surface area contributed by atoms with Crippen molar-refractivity contribution in [2.24, 2.45) is 11.8 Å². The van der Waals surface area contributed by atoms with Crippen LogP contribution in [0.1, 0.15) is 12.8 Å². The minimum Gasteiger partial charge on any atom is -0.370 e. The molecule has 1 aliphatic heterocycles. The number of piperidine rings is 1. The molecule has 2 rings (SSSR count). The van der Waals surface area contributed by atoms with Crippen LogP contribution in [-0.2, 0) is 4.84 Å². The maximum atomic E-state index is 6.18. The van der Waals surface area contributed by atoms with Gasteiger partial charge in [-0.05, 0) is 25.0 Å². The molecule has 0 saturated carbocycles. The second-order valence-electron chi connectivity index (χ2n) is 4.24. The van der Waals surface area contributed by atoms with Gasteiger partial charge in [0, 0.05) is 19.0 Å². The first-order valence-electron chi connectivity index (χ1n) is 5.62. The zero-order chi connectivity index (χ0) is 11.4. The van der Waals surface area contributed by atoms with Crippen molar-refractivity contribution >= 4 is 17.3 Å². The Morgan fingerprint density at radius 2 is 2.25 bits per heavy atom. The molecule has 1 unspecified atom stereocenters. The fraction of sp³-hybridized carbons (Fsp3) is 0.500. The summed E-state index contributed by atoms with van der Waals surface area (Å²) in [4.78, 5) is 7.05. The maximum Gasteiger partial charge on any atom is 0.0724 e. The van der Waals surface area contributed by atoms with Crippen LogP contribution in [0.4, 0.5) is 5.69 Å². The molecule has 1 aliphatic rings. The van der Waals surface area contributed by atoms with Gasteiger partial charge in [-0.2, -0.15) is 0 Å². The Kier molecular flexibility index (Phi) is 4.04. The van der Waals surface area contributed by atoms with Gasteiger partial charge < -0.3 is 9.74 Å². The lowest BCUT2D eigenvalue weighted by molar-refractivity contribution is 0.0951. The maximum absolute atomic E-state index is 6.18. The van der Waals surface area contributed by atoms with E-state index in [2.05, 4.69) is 11.0 Å². The van der Waals surface area contributed by atoms with E-state index in [1.165, 1.54) is 12.8 Å². The highest BCUT2D eigenvalue weighted by Crippen LogP contribution is 2.29. The fourth-order valence-electron chi connectivity index (χ4n) is 2.26. The van der Waals surface area contributed by atoms with Crippen LogP contribution in [0.2, 0.25) is 5.02 Å². The second kappa shape index (κ2) is 5.53. The molecule has 1 fully saturated rings. The van der Waals surface area contributed by atoms with Gasteiger partial charge in [-0.25, -0.2) is 5.90 Å². The lowest BCUT2D eigenvalue weighted by Crippen LogP contribution is -2.37. The standard InChI is InChI=1S/C12H17ClN2O/c13-11-5-1-2-6-12(11)15-7-3-4-10(8-15)9-16-14/h1-2,5-6,10H,3-4,7-9,14H2. The topological polar surface area (TPSA) is 38.5 Å². The summed E-state index contributed by atoms with van der Waals surface area (Å²) >= 11 is 6.18. The molecule has 2 N–H and O–H groups in total. The average molecular weight is 241 g/mol. The van der Waals surface area contributed by atoms with Crippen molar-refractivity contribution in [1.82, 2.24) is 0 Å². The molecule has 0 spiro atoms. The molecule has 3 nitrogen and oxygen atoms in total. The van der Waals surface area contributed by atoms with Crippen molar-refractivity contribution < 1.29 is 4.84 Å². The lowest BCUT2D eigenvalue weighted by Gasteiger charge is -2.34. The summed E-state index contributed by atoms with van der Waals surface area (Å²) in [6.07, 6.45) is 2.34. The van der Waals surface area contributed by atoms with Crippen molar-refractivity contribution in [2.75, 3.05) is 24.6 Å². The van der Waals surface area contributed by atoms with Gasteiger partial charge in [0.2, 0.25) is 0 Å². The third-order valence-corrected chi connectivity index (χ3v) is 3.36. The predicted octanol–water partition coefficient (Wildman–Crippen LogP) is 2.45. The number of nitrogens with two attached hydrogens (primary N) is 1. The largest absolute Gasteiger partial charge is 0.370 e. The van der Waals surface area contributed by atoms with Gasteiger partial charge in [0.05, 0.1) is 17.3 Å². The molecule has 4 heteroatoms. The third kappa shape index (κ3) is 2.67. The van der Waals surface area contributed by atoms with E-state index < -0.39 is 0 Å². The Morgan fingerprint density at radius 1 is 1.44 bits per heavy atom. The molecular weight excluding hydrogens is 224 g/mol. The fourth-order valence-corrected chi connectivity index (χ4v) is 2.52. The Bertz CT molecular complexity index is 344. The number of benzene rings is 1. The van der Waals surface area contributed by atoms with Gasteiger partial charge in [0.15, 0.2) is 0 Å². The smallest absolute Gasteiger partial charge is 0.0724 e. The molecule has 0 amide bonds. The van der Waals surface area contributed by atoms with Crippen molar-refractivity contribution in [3.63, 3.8) is 0 Å². The number of nitrogens with zero attached hydrogens (tertiary/aromatic N) is 1. The summed E-state index contributed by atoms with van der Waals surface area (Å²) in [6.45, 7) is 2.66. The minimum atomic E-state index is 0.509. The van der Waals surface area contributed by atoms with Crippen LogP contribution in [0.5, 0.6) is 0 Å². The van der Waals surface area contributed by atoms with E-state index in [1.54, 1.807) is 0 Å². The van der Waals surface area contributed by atoms with E-state index in [1.807, 2.05) is 18.2 Å². The highest BCUT2D eigenvalue weighted by Gasteiger charge is 2.21. The van der Waals surface area contributed by atoms with Gasteiger partial charge in [-0.1, -0.05) is 23.7 Å². The van der Waals surface area contributed by atoms with Crippen molar-refractivity contribution in [3.05, 3.63) is 29.3 Å². The lowest BCUT2D eigenvalue weighted by atomic mass is 9.98. The highest BCUT2D eigenvalue weighted by molar-refractivity contribution is 6.33. The normalized spacial score (nSPS) is 21.1. The van der Waals surface area contributed by atoms with Crippen LogP contribution in [0.3, 0.4) is 0 Å². The van der Waals surface area contributed by atoms with Crippen molar-refractivity contribution in [2.45, 2.75) is 12.8 Å². The molecule has 0 aliphatic carbocycles. The van der Waals surface area contributed by atoms with Gasteiger partial charge >= 0.3 is 0 Å². The third-order valence-electron chi connectivity index (χ3n) is 3.04. The molecule has 1 aromatic rings. The Labute approximate surface area is 101 Å². The van der Waals surface area contributed by atoms with E-state index in [0.717, 1.165) is 23.8 Å². The van der Waals surface area contributed by atoms with E-state index in [-0.39, 0.29) is 0 Å². The van der Waals surface area contributed by atoms with Crippen molar-refractivity contribution in [1.29, 1.82) is 0 Å². The zero-order valence-corrected chi connectivity index (χ0v) is 9.99. The zero-order valence-electron chi connectivity index (χ0n) is 9.23. The minimum absolute atomic E-state index is 0.509. The first-order chi connectivity index (χ1) is 7.81. The summed E-state index contributed by atoms with van der Waals surface area (Å²) in [6, 6.07) is 7.97. The van der Waals surface area contributed by atoms with Gasteiger partial charge in [0.25, 0.3) is 0 Å². The first-order valence-corrected chi connectivity index (χ1v) is 6.00. The van der Waals surface area contributed by atoms with Gasteiger partial charge in [-0.3, -0.25) is 0 Å². The van der Waals surface area contributed by atoms with Crippen LogP contribution in [0.25, 0.3) is 0 Å². The predicted molar refractivity (Wildman–Crippen MR) is 66.5 cm³/mol. The molecule has 1 aromatic carbocycles. The molecule has 0 bridgehead atoms. The van der Waals surface area contributed by atoms with Gasteiger partial charge in [-0.15, -0.1) is 0 Å². The summed E-state index contributed by atoms with van der Waals surface area (Å²) in [5, 5.41) is 0.816.